The van der Waals surface area contributed by atoms with E-state index in [1.54, 1.807) is 13.1 Å². The van der Waals surface area contributed by atoms with Crippen LogP contribution in [-0.2, 0) is 24.2 Å². The van der Waals surface area contributed by atoms with E-state index in [1.165, 1.54) is 16.0 Å². The van der Waals surface area contributed by atoms with Crippen LogP contribution in [0, 0.1) is 5.92 Å². The second-order valence-corrected chi connectivity index (χ2v) is 8.81. The highest BCUT2D eigenvalue weighted by atomic mass is 16.3. The Morgan fingerprint density at radius 3 is 2.36 bits per heavy atom. The van der Waals surface area contributed by atoms with E-state index in [0.29, 0.717) is 18.0 Å². The van der Waals surface area contributed by atoms with E-state index in [9.17, 15) is 14.7 Å². The molecule has 6 heteroatoms. The molecule has 6 nitrogen and oxygen atoms in total. The number of amides is 1. The molecule has 1 unspecified atom stereocenters. The number of fused-ring (bicyclic) bond motifs is 1. The average molecular weight is 450 g/mol. The first kappa shape index (κ1) is 24.7. The van der Waals surface area contributed by atoms with Gasteiger partial charge in [0.25, 0.3) is 5.91 Å². The van der Waals surface area contributed by atoms with Crippen molar-refractivity contribution >= 4 is 12.2 Å². The molecule has 0 saturated carbocycles. The molecule has 0 bridgehead atoms. The van der Waals surface area contributed by atoms with Gasteiger partial charge in [-0.25, -0.2) is 0 Å². The first-order valence-electron chi connectivity index (χ1n) is 11.5. The fraction of sp³-hybridized carbons (Fsp3) is 0.407. The van der Waals surface area contributed by atoms with Crippen LogP contribution in [0.3, 0.4) is 0 Å². The second-order valence-electron chi connectivity index (χ2n) is 8.81. The van der Waals surface area contributed by atoms with Gasteiger partial charge in [0.2, 0.25) is 0 Å². The molecule has 0 spiro atoms. The van der Waals surface area contributed by atoms with Crippen molar-refractivity contribution in [3.8, 4) is 0 Å². The zero-order valence-corrected chi connectivity index (χ0v) is 19.8. The third kappa shape index (κ3) is 5.52. The minimum atomic E-state index is -0.393. The van der Waals surface area contributed by atoms with E-state index in [4.69, 9.17) is 0 Å². The van der Waals surface area contributed by atoms with E-state index in [1.807, 2.05) is 37.1 Å². The standard InChI is InChI=1S/C27H35N3O3/c1-19(18-32)30(17-23-11-7-8-12-25(23)27(33)29(4)13-14-31)20(2)26(28-3)24-15-21-9-5-6-10-22(21)16-24/h5-12,18-19,24,26,28,31H,2,13-17H2,1,3-4H3/t19-,26?/m1/s1. The Morgan fingerprint density at radius 2 is 1.79 bits per heavy atom. The van der Waals surface area contributed by atoms with Crippen LogP contribution in [0.1, 0.15) is 34.0 Å². The maximum atomic E-state index is 13.0. The summed E-state index contributed by atoms with van der Waals surface area (Å²) < 4.78 is 0. The zero-order chi connectivity index (χ0) is 24.0. The maximum Gasteiger partial charge on any atom is 0.254 e. The molecule has 0 radical (unpaired) electrons. The molecule has 2 N–H and O–H groups in total. The Balaban J connectivity index is 1.85. The molecule has 176 valence electrons. The van der Waals surface area contributed by atoms with Crippen molar-refractivity contribution in [2.75, 3.05) is 27.2 Å². The summed E-state index contributed by atoms with van der Waals surface area (Å²) in [5.41, 5.74) is 4.98. The molecule has 0 saturated heterocycles. The van der Waals surface area contributed by atoms with Gasteiger partial charge in [0.1, 0.15) is 6.29 Å². The number of hydrogen-bond donors (Lipinski definition) is 2. The summed E-state index contributed by atoms with van der Waals surface area (Å²) in [5, 5.41) is 12.7. The molecule has 2 aromatic carbocycles. The number of carbonyl (C=O) groups excluding carboxylic acids is 2. The largest absolute Gasteiger partial charge is 0.395 e. The number of likely N-dealkylation sites (N-methyl/N-ethyl adjacent to an activating group) is 2. The van der Waals surface area contributed by atoms with Gasteiger partial charge in [-0.15, -0.1) is 0 Å². The highest BCUT2D eigenvalue weighted by Crippen LogP contribution is 2.32. The summed E-state index contributed by atoms with van der Waals surface area (Å²) >= 11 is 0. The first-order valence-corrected chi connectivity index (χ1v) is 11.5. The van der Waals surface area contributed by atoms with Crippen LogP contribution < -0.4 is 5.32 Å². The van der Waals surface area contributed by atoms with Gasteiger partial charge >= 0.3 is 0 Å². The monoisotopic (exact) mass is 449 g/mol. The van der Waals surface area contributed by atoms with Gasteiger partial charge in [0.15, 0.2) is 0 Å². The number of hydrogen-bond acceptors (Lipinski definition) is 5. The molecular weight excluding hydrogens is 414 g/mol. The first-order chi connectivity index (χ1) is 15.9. The van der Waals surface area contributed by atoms with Crippen molar-refractivity contribution in [3.05, 3.63) is 83.1 Å². The quantitative estimate of drug-likeness (QED) is 0.516. The minimum Gasteiger partial charge on any atom is -0.395 e. The molecule has 2 atom stereocenters. The van der Waals surface area contributed by atoms with Gasteiger partial charge < -0.3 is 25.0 Å². The molecular formula is C27H35N3O3. The number of benzene rings is 2. The number of aldehydes is 1. The Hall–Kier alpha value is -2.96. The smallest absolute Gasteiger partial charge is 0.254 e. The molecule has 1 aliphatic carbocycles. The Bertz CT molecular complexity index is 965. The average Bonchev–Trinajstić information content (AvgIpc) is 3.26. The molecule has 33 heavy (non-hydrogen) atoms. The van der Waals surface area contributed by atoms with E-state index in [-0.39, 0.29) is 25.1 Å². The molecule has 0 aromatic heterocycles. The van der Waals surface area contributed by atoms with Gasteiger partial charge in [-0.2, -0.15) is 0 Å². The number of nitrogens with one attached hydrogen (secondary N) is 1. The Morgan fingerprint density at radius 1 is 1.18 bits per heavy atom. The van der Waals surface area contributed by atoms with Gasteiger partial charge in [-0.05, 0) is 55.5 Å². The van der Waals surface area contributed by atoms with Crippen molar-refractivity contribution in [1.82, 2.24) is 15.1 Å². The van der Waals surface area contributed by atoms with Crippen LogP contribution in [0.5, 0.6) is 0 Å². The number of rotatable bonds is 11. The van der Waals surface area contributed by atoms with E-state index in [2.05, 4.69) is 36.2 Å². The third-order valence-corrected chi connectivity index (χ3v) is 6.65. The van der Waals surface area contributed by atoms with Crippen LogP contribution >= 0.6 is 0 Å². The van der Waals surface area contributed by atoms with Gasteiger partial charge in [0, 0.05) is 37.4 Å². The lowest BCUT2D eigenvalue weighted by molar-refractivity contribution is -0.111. The van der Waals surface area contributed by atoms with Crippen LogP contribution in [0.4, 0.5) is 0 Å². The highest BCUT2D eigenvalue weighted by Gasteiger charge is 2.32. The van der Waals surface area contributed by atoms with E-state index >= 15 is 0 Å². The number of nitrogens with zero attached hydrogens (tertiary/aromatic N) is 2. The minimum absolute atomic E-state index is 0.000253. The number of aliphatic hydroxyl groups excluding tert-OH is 1. The van der Waals surface area contributed by atoms with E-state index in [0.717, 1.165) is 30.4 Å². The molecule has 0 aliphatic heterocycles. The maximum absolute atomic E-state index is 13.0. The predicted molar refractivity (Wildman–Crippen MR) is 131 cm³/mol. The fourth-order valence-corrected chi connectivity index (χ4v) is 4.77. The normalized spacial score (nSPS) is 14.9. The Kier molecular flexibility index (Phi) is 8.42. The van der Waals surface area contributed by atoms with Crippen molar-refractivity contribution in [1.29, 1.82) is 0 Å². The van der Waals surface area contributed by atoms with Crippen molar-refractivity contribution in [2.45, 2.75) is 38.4 Å². The number of aliphatic hydroxyl groups is 1. The lowest BCUT2D eigenvalue weighted by Gasteiger charge is -2.37. The summed E-state index contributed by atoms with van der Waals surface area (Å²) in [5.74, 6) is 0.189. The van der Waals surface area contributed by atoms with Crippen LogP contribution in [0.15, 0.2) is 60.8 Å². The topological polar surface area (TPSA) is 72.9 Å². The lowest BCUT2D eigenvalue weighted by Crippen LogP contribution is -2.45. The number of carbonyl (C=O) groups is 2. The van der Waals surface area contributed by atoms with Crippen LogP contribution in [0.25, 0.3) is 0 Å². The summed E-state index contributed by atoms with van der Waals surface area (Å²) in [4.78, 5) is 28.3. The Labute approximate surface area is 196 Å². The summed E-state index contributed by atoms with van der Waals surface area (Å²) in [6.45, 7) is 6.83. The van der Waals surface area contributed by atoms with Gasteiger partial charge in [-0.3, -0.25) is 4.79 Å². The van der Waals surface area contributed by atoms with Crippen molar-refractivity contribution in [3.63, 3.8) is 0 Å². The van der Waals surface area contributed by atoms with Gasteiger partial charge in [0.05, 0.1) is 12.6 Å². The molecule has 2 aromatic rings. The fourth-order valence-electron chi connectivity index (χ4n) is 4.77. The second kappa shape index (κ2) is 11.3. The van der Waals surface area contributed by atoms with Crippen molar-refractivity contribution < 1.29 is 14.7 Å². The SMILES string of the molecule is C=C(C(NC)C1Cc2ccccc2C1)N(Cc1ccccc1C(=O)N(C)CCO)[C@H](C)C=O. The molecule has 0 heterocycles. The third-order valence-electron chi connectivity index (χ3n) is 6.65. The summed E-state index contributed by atoms with van der Waals surface area (Å²) in [7, 11) is 3.61. The summed E-state index contributed by atoms with van der Waals surface area (Å²) in [6.07, 6.45) is 2.85. The van der Waals surface area contributed by atoms with Crippen molar-refractivity contribution in [2.24, 2.45) is 5.92 Å². The highest BCUT2D eigenvalue weighted by molar-refractivity contribution is 5.95. The predicted octanol–water partition coefficient (Wildman–Crippen LogP) is 2.66. The molecule has 1 aliphatic rings. The molecule has 1 amide bonds. The molecule has 0 fully saturated rings. The zero-order valence-electron chi connectivity index (χ0n) is 19.8. The van der Waals surface area contributed by atoms with Crippen LogP contribution in [-0.4, -0.2) is 66.4 Å². The van der Waals surface area contributed by atoms with Gasteiger partial charge in [-0.1, -0.05) is 49.0 Å². The summed E-state index contributed by atoms with van der Waals surface area (Å²) in [6, 6.07) is 15.6. The molecule has 3 rings (SSSR count). The van der Waals surface area contributed by atoms with Crippen LogP contribution in [0.2, 0.25) is 0 Å². The lowest BCUT2D eigenvalue weighted by atomic mass is 9.92. The van der Waals surface area contributed by atoms with E-state index < -0.39 is 6.04 Å².